The van der Waals surface area contributed by atoms with Gasteiger partial charge in [-0.25, -0.2) is 4.79 Å². The van der Waals surface area contributed by atoms with Gasteiger partial charge in [-0.15, -0.1) is 0 Å². The SMILES string of the molecule is Nc1ccn([C@@H]2O[C@H](C3(c4ccccc4)C=CO3)[C@@H](O)[C@H]2O)c(=O)n1. The lowest BCUT2D eigenvalue weighted by atomic mass is 9.82. The van der Waals surface area contributed by atoms with Gasteiger partial charge in [0, 0.05) is 17.8 Å². The van der Waals surface area contributed by atoms with E-state index in [0.29, 0.717) is 0 Å². The van der Waals surface area contributed by atoms with Crippen LogP contribution in [0.4, 0.5) is 5.82 Å². The number of aromatic nitrogens is 2. The molecule has 2 aliphatic heterocycles. The Morgan fingerprint density at radius 2 is 1.88 bits per heavy atom. The fraction of sp³-hybridized carbons (Fsp3) is 0.294. The lowest BCUT2D eigenvalue weighted by Crippen LogP contribution is -2.50. The van der Waals surface area contributed by atoms with Gasteiger partial charge in [0.05, 0.1) is 6.26 Å². The van der Waals surface area contributed by atoms with Crippen molar-refractivity contribution in [1.29, 1.82) is 0 Å². The van der Waals surface area contributed by atoms with Gasteiger partial charge in [0.1, 0.15) is 24.1 Å². The van der Waals surface area contributed by atoms with Crippen LogP contribution >= 0.6 is 0 Å². The predicted octanol–water partition coefficient (Wildman–Crippen LogP) is -0.116. The number of anilines is 1. The van der Waals surface area contributed by atoms with Gasteiger partial charge >= 0.3 is 5.69 Å². The molecule has 8 heteroatoms. The Kier molecular flexibility index (Phi) is 3.60. The van der Waals surface area contributed by atoms with E-state index in [4.69, 9.17) is 15.2 Å². The minimum absolute atomic E-state index is 0.0665. The second-order valence-corrected chi connectivity index (χ2v) is 6.05. The Hall–Kier alpha value is -2.68. The topological polar surface area (TPSA) is 120 Å². The number of nitrogens with zero attached hydrogens (tertiary/aromatic N) is 2. The quantitative estimate of drug-likeness (QED) is 0.711. The van der Waals surface area contributed by atoms with Crippen LogP contribution in [0.2, 0.25) is 0 Å². The zero-order chi connectivity index (χ0) is 17.6. The average molecular weight is 343 g/mol. The molecule has 0 radical (unpaired) electrons. The van der Waals surface area contributed by atoms with Gasteiger partial charge in [0.15, 0.2) is 11.8 Å². The molecule has 1 fully saturated rings. The smallest absolute Gasteiger partial charge is 0.351 e. The van der Waals surface area contributed by atoms with Crippen LogP contribution in [-0.2, 0) is 15.1 Å². The number of rotatable bonds is 3. The monoisotopic (exact) mass is 343 g/mol. The second kappa shape index (κ2) is 5.69. The third kappa shape index (κ3) is 2.34. The van der Waals surface area contributed by atoms with Crippen molar-refractivity contribution in [2.24, 2.45) is 0 Å². The van der Waals surface area contributed by atoms with Crippen LogP contribution < -0.4 is 11.4 Å². The fourth-order valence-corrected chi connectivity index (χ4v) is 3.27. The maximum Gasteiger partial charge on any atom is 0.351 e. The summed E-state index contributed by atoms with van der Waals surface area (Å²) in [5.41, 5.74) is 4.56. The van der Waals surface area contributed by atoms with E-state index < -0.39 is 35.8 Å². The van der Waals surface area contributed by atoms with E-state index in [1.165, 1.54) is 18.5 Å². The van der Waals surface area contributed by atoms with E-state index in [2.05, 4.69) is 4.98 Å². The minimum atomic E-state index is -1.33. The molecule has 4 N–H and O–H groups in total. The highest BCUT2D eigenvalue weighted by molar-refractivity contribution is 5.34. The first-order valence-electron chi connectivity index (χ1n) is 7.80. The van der Waals surface area contributed by atoms with Crippen LogP contribution in [0.5, 0.6) is 0 Å². The second-order valence-electron chi connectivity index (χ2n) is 6.05. The zero-order valence-corrected chi connectivity index (χ0v) is 13.1. The summed E-state index contributed by atoms with van der Waals surface area (Å²) >= 11 is 0. The van der Waals surface area contributed by atoms with Crippen LogP contribution in [0.1, 0.15) is 11.8 Å². The van der Waals surface area contributed by atoms with E-state index in [9.17, 15) is 15.0 Å². The van der Waals surface area contributed by atoms with Crippen LogP contribution in [0.25, 0.3) is 0 Å². The molecular formula is C17H17N3O5. The lowest BCUT2D eigenvalue weighted by Gasteiger charge is -2.41. The van der Waals surface area contributed by atoms with E-state index in [1.807, 2.05) is 30.3 Å². The first-order valence-corrected chi connectivity index (χ1v) is 7.80. The van der Waals surface area contributed by atoms with Gasteiger partial charge in [-0.05, 0) is 6.07 Å². The molecule has 1 unspecified atom stereocenters. The van der Waals surface area contributed by atoms with Gasteiger partial charge in [0.2, 0.25) is 0 Å². The number of aliphatic hydroxyl groups is 2. The fourth-order valence-electron chi connectivity index (χ4n) is 3.27. The van der Waals surface area contributed by atoms with E-state index >= 15 is 0 Å². The average Bonchev–Trinajstić information content (AvgIpc) is 2.84. The molecule has 1 aromatic carbocycles. The molecule has 3 heterocycles. The van der Waals surface area contributed by atoms with Crippen LogP contribution in [0, 0.1) is 0 Å². The van der Waals surface area contributed by atoms with Crippen LogP contribution in [0.3, 0.4) is 0 Å². The molecule has 2 aromatic rings. The van der Waals surface area contributed by atoms with Gasteiger partial charge in [0.25, 0.3) is 0 Å². The van der Waals surface area contributed by atoms with Crippen molar-refractivity contribution in [3.05, 3.63) is 71.0 Å². The zero-order valence-electron chi connectivity index (χ0n) is 13.1. The summed E-state index contributed by atoms with van der Waals surface area (Å²) in [7, 11) is 0. The van der Waals surface area contributed by atoms with Crippen molar-refractivity contribution in [3.63, 3.8) is 0 Å². The molecule has 0 bridgehead atoms. The van der Waals surface area contributed by atoms with Crippen molar-refractivity contribution in [2.45, 2.75) is 30.1 Å². The highest BCUT2D eigenvalue weighted by Crippen LogP contribution is 2.46. The molecule has 2 aliphatic rings. The Balaban J connectivity index is 1.71. The summed E-state index contributed by atoms with van der Waals surface area (Å²) in [5.74, 6) is 0.0665. The van der Waals surface area contributed by atoms with Crippen molar-refractivity contribution in [2.75, 3.05) is 5.73 Å². The highest BCUT2D eigenvalue weighted by Gasteiger charge is 2.57. The van der Waals surface area contributed by atoms with Crippen molar-refractivity contribution in [1.82, 2.24) is 9.55 Å². The summed E-state index contributed by atoms with van der Waals surface area (Å²) in [5, 5.41) is 21.0. The summed E-state index contributed by atoms with van der Waals surface area (Å²) < 4.78 is 12.6. The summed E-state index contributed by atoms with van der Waals surface area (Å²) in [6, 6.07) is 10.7. The van der Waals surface area contributed by atoms with Crippen molar-refractivity contribution < 1.29 is 19.7 Å². The standard InChI is InChI=1S/C17H17N3O5/c18-11-6-8-20(16(23)19-11)15-13(22)12(21)14(25-15)17(7-9-24-17)10-4-2-1-3-5-10/h1-9,12-15,21-22H,(H2,18,19,23)/t12-,13+,14-,15+,17?/m0/s1. The number of hydrogen-bond acceptors (Lipinski definition) is 7. The molecule has 1 aromatic heterocycles. The number of aliphatic hydroxyl groups excluding tert-OH is 2. The number of nitrogen functional groups attached to an aromatic ring is 1. The largest absolute Gasteiger partial charge is 0.483 e. The molecular weight excluding hydrogens is 326 g/mol. The molecule has 1 saturated heterocycles. The number of nitrogens with two attached hydrogens (primary N) is 1. The molecule has 0 amide bonds. The van der Waals surface area contributed by atoms with Gasteiger partial charge in [-0.2, -0.15) is 4.98 Å². The summed E-state index contributed by atoms with van der Waals surface area (Å²) in [6.45, 7) is 0. The molecule has 4 rings (SSSR count). The summed E-state index contributed by atoms with van der Waals surface area (Å²) in [6.07, 6.45) is 0.0455. The van der Waals surface area contributed by atoms with Crippen LogP contribution in [-0.4, -0.2) is 38.1 Å². The predicted molar refractivity (Wildman–Crippen MR) is 87.2 cm³/mol. The number of ether oxygens (including phenoxy) is 2. The van der Waals surface area contributed by atoms with Gasteiger partial charge in [-0.3, -0.25) is 4.57 Å². The Morgan fingerprint density at radius 1 is 1.16 bits per heavy atom. The molecule has 0 spiro atoms. The normalized spacial score (nSPS) is 33.7. The molecule has 130 valence electrons. The summed E-state index contributed by atoms with van der Waals surface area (Å²) in [4.78, 5) is 15.7. The minimum Gasteiger partial charge on any atom is -0.483 e. The van der Waals surface area contributed by atoms with Crippen LogP contribution in [0.15, 0.2) is 59.7 Å². The highest BCUT2D eigenvalue weighted by atomic mass is 16.6. The van der Waals surface area contributed by atoms with Gasteiger partial charge in [-0.1, -0.05) is 30.3 Å². The lowest BCUT2D eigenvalue weighted by molar-refractivity contribution is -0.145. The Labute approximate surface area is 142 Å². The van der Waals surface area contributed by atoms with E-state index in [0.717, 1.165) is 10.1 Å². The Bertz CT molecular complexity index is 868. The van der Waals surface area contributed by atoms with E-state index in [-0.39, 0.29) is 5.82 Å². The molecule has 0 aliphatic carbocycles. The van der Waals surface area contributed by atoms with E-state index in [1.54, 1.807) is 6.08 Å². The number of hydrogen-bond donors (Lipinski definition) is 3. The molecule has 0 saturated carbocycles. The first-order chi connectivity index (χ1) is 12.0. The Morgan fingerprint density at radius 3 is 2.48 bits per heavy atom. The first kappa shape index (κ1) is 15.8. The van der Waals surface area contributed by atoms with Crippen molar-refractivity contribution >= 4 is 5.82 Å². The maximum atomic E-state index is 12.0. The third-order valence-electron chi connectivity index (χ3n) is 4.59. The molecule has 25 heavy (non-hydrogen) atoms. The number of benzene rings is 1. The molecule has 5 atom stereocenters. The van der Waals surface area contributed by atoms with Crippen molar-refractivity contribution in [3.8, 4) is 0 Å². The van der Waals surface area contributed by atoms with Gasteiger partial charge < -0.3 is 25.4 Å². The third-order valence-corrected chi connectivity index (χ3v) is 4.59. The maximum absolute atomic E-state index is 12.0. The molecule has 8 nitrogen and oxygen atoms in total.